The van der Waals surface area contributed by atoms with Gasteiger partial charge >= 0.3 is 0 Å². The third-order valence-corrected chi connectivity index (χ3v) is 5.57. The number of hydrogen-bond donors (Lipinski definition) is 2. The van der Waals surface area contributed by atoms with E-state index in [1.165, 1.54) is 11.1 Å². The molecule has 0 saturated heterocycles. The summed E-state index contributed by atoms with van der Waals surface area (Å²) in [6, 6.07) is 26.5. The number of nitrogens with one attached hydrogen (secondary N) is 1. The SMILES string of the molecule is CNC[C@@H](O)[C@H](c1ccccc1)n1ccc2cc(OCc3ccccc3C)ccc21.S. The lowest BCUT2D eigenvalue weighted by Crippen LogP contribution is -2.33. The molecule has 0 saturated carbocycles. The van der Waals surface area contributed by atoms with E-state index in [4.69, 9.17) is 4.74 Å². The monoisotopic (exact) mass is 434 g/mol. The lowest BCUT2D eigenvalue weighted by Gasteiger charge is -2.26. The van der Waals surface area contributed by atoms with Gasteiger partial charge in [-0.05, 0) is 54.9 Å². The number of aliphatic hydroxyl groups is 1. The molecular formula is C26H30N2O2S. The fraction of sp³-hybridized carbons (Fsp3) is 0.231. The average molecular weight is 435 g/mol. The summed E-state index contributed by atoms with van der Waals surface area (Å²) in [6.45, 7) is 3.16. The number of fused-ring (bicyclic) bond motifs is 1. The van der Waals surface area contributed by atoms with Crippen molar-refractivity contribution in [3.05, 3.63) is 102 Å². The third-order valence-electron chi connectivity index (χ3n) is 5.57. The van der Waals surface area contributed by atoms with E-state index in [0.717, 1.165) is 22.2 Å². The Bertz CT molecular complexity index is 1110. The highest BCUT2D eigenvalue weighted by molar-refractivity contribution is 7.59. The first-order valence-corrected chi connectivity index (χ1v) is 10.3. The van der Waals surface area contributed by atoms with Crippen LogP contribution in [0.25, 0.3) is 10.9 Å². The van der Waals surface area contributed by atoms with E-state index in [9.17, 15) is 5.11 Å². The molecule has 0 bridgehead atoms. The van der Waals surface area contributed by atoms with Crippen molar-refractivity contribution >= 4 is 24.4 Å². The van der Waals surface area contributed by atoms with Gasteiger partial charge in [0.05, 0.1) is 12.1 Å². The van der Waals surface area contributed by atoms with Gasteiger partial charge in [-0.3, -0.25) is 0 Å². The maximum atomic E-state index is 10.9. The second-order valence-electron chi connectivity index (χ2n) is 7.64. The van der Waals surface area contributed by atoms with Crippen LogP contribution in [-0.4, -0.2) is 29.4 Å². The molecule has 0 aliphatic rings. The second-order valence-corrected chi connectivity index (χ2v) is 7.64. The molecule has 1 heterocycles. The summed E-state index contributed by atoms with van der Waals surface area (Å²) < 4.78 is 8.20. The van der Waals surface area contributed by atoms with Gasteiger partial charge in [-0.15, -0.1) is 0 Å². The highest BCUT2D eigenvalue weighted by Crippen LogP contribution is 2.30. The van der Waals surface area contributed by atoms with E-state index in [-0.39, 0.29) is 19.5 Å². The number of hydrogen-bond acceptors (Lipinski definition) is 3. The van der Waals surface area contributed by atoms with Crippen molar-refractivity contribution in [2.45, 2.75) is 25.7 Å². The van der Waals surface area contributed by atoms with Gasteiger partial charge in [0.15, 0.2) is 0 Å². The molecule has 2 atom stereocenters. The van der Waals surface area contributed by atoms with Crippen molar-refractivity contribution in [1.29, 1.82) is 0 Å². The maximum Gasteiger partial charge on any atom is 0.120 e. The van der Waals surface area contributed by atoms with Gasteiger partial charge in [0.25, 0.3) is 0 Å². The molecule has 5 heteroatoms. The summed E-state index contributed by atoms with van der Waals surface area (Å²) in [7, 11) is 1.86. The van der Waals surface area contributed by atoms with Gasteiger partial charge in [-0.25, -0.2) is 0 Å². The lowest BCUT2D eigenvalue weighted by molar-refractivity contribution is 0.132. The number of likely N-dealkylation sites (N-methyl/N-ethyl adjacent to an activating group) is 1. The molecule has 4 aromatic rings. The molecule has 162 valence electrons. The molecule has 0 radical (unpaired) electrons. The number of ether oxygens (including phenoxy) is 1. The van der Waals surface area contributed by atoms with E-state index in [2.05, 4.69) is 59.3 Å². The largest absolute Gasteiger partial charge is 0.489 e. The van der Waals surface area contributed by atoms with Crippen molar-refractivity contribution in [3.63, 3.8) is 0 Å². The summed E-state index contributed by atoms with van der Waals surface area (Å²) in [5.74, 6) is 0.843. The Labute approximate surface area is 190 Å². The van der Waals surface area contributed by atoms with Crippen LogP contribution in [-0.2, 0) is 6.61 Å². The summed E-state index contributed by atoms with van der Waals surface area (Å²) in [5, 5.41) is 15.1. The first-order chi connectivity index (χ1) is 14.7. The van der Waals surface area contributed by atoms with Gasteiger partial charge in [-0.1, -0.05) is 54.6 Å². The minimum absolute atomic E-state index is 0. The zero-order valence-corrected chi connectivity index (χ0v) is 19.0. The first kappa shape index (κ1) is 22.9. The molecule has 0 spiro atoms. The molecule has 0 fully saturated rings. The number of aliphatic hydroxyl groups excluding tert-OH is 1. The molecule has 4 rings (SSSR count). The fourth-order valence-corrected chi connectivity index (χ4v) is 3.95. The van der Waals surface area contributed by atoms with Crippen molar-refractivity contribution in [3.8, 4) is 5.75 Å². The number of benzene rings is 3. The van der Waals surface area contributed by atoms with Crippen LogP contribution < -0.4 is 10.1 Å². The summed E-state index contributed by atoms with van der Waals surface area (Å²) >= 11 is 0. The van der Waals surface area contributed by atoms with Crippen LogP contribution in [0, 0.1) is 6.92 Å². The van der Waals surface area contributed by atoms with Crippen LogP contribution in [0.2, 0.25) is 0 Å². The molecular weight excluding hydrogens is 404 g/mol. The third kappa shape index (κ3) is 5.13. The second kappa shape index (κ2) is 10.5. The van der Waals surface area contributed by atoms with E-state index in [1.807, 2.05) is 49.6 Å². The van der Waals surface area contributed by atoms with Gasteiger partial charge in [-0.2, -0.15) is 13.5 Å². The van der Waals surface area contributed by atoms with Crippen LogP contribution in [0.15, 0.2) is 85.1 Å². The quantitative estimate of drug-likeness (QED) is 0.418. The van der Waals surface area contributed by atoms with Crippen molar-refractivity contribution in [1.82, 2.24) is 9.88 Å². The average Bonchev–Trinajstić information content (AvgIpc) is 3.17. The maximum absolute atomic E-state index is 10.9. The predicted molar refractivity (Wildman–Crippen MR) is 132 cm³/mol. The molecule has 0 aliphatic carbocycles. The smallest absolute Gasteiger partial charge is 0.120 e. The van der Waals surface area contributed by atoms with Crippen molar-refractivity contribution < 1.29 is 9.84 Å². The Morgan fingerprint density at radius 2 is 1.71 bits per heavy atom. The minimum Gasteiger partial charge on any atom is -0.489 e. The Balaban J connectivity index is 0.00000272. The zero-order valence-electron chi connectivity index (χ0n) is 18.0. The molecule has 0 aliphatic heterocycles. The normalized spacial score (nSPS) is 12.9. The topological polar surface area (TPSA) is 46.4 Å². The van der Waals surface area contributed by atoms with E-state index in [1.54, 1.807) is 0 Å². The molecule has 31 heavy (non-hydrogen) atoms. The van der Waals surface area contributed by atoms with Gasteiger partial charge in [0, 0.05) is 23.6 Å². The molecule has 2 N–H and O–H groups in total. The van der Waals surface area contributed by atoms with Crippen LogP contribution in [0.4, 0.5) is 0 Å². The lowest BCUT2D eigenvalue weighted by atomic mass is 10.0. The van der Waals surface area contributed by atoms with E-state index in [0.29, 0.717) is 13.2 Å². The van der Waals surface area contributed by atoms with E-state index < -0.39 is 6.10 Å². The van der Waals surface area contributed by atoms with E-state index >= 15 is 0 Å². The highest BCUT2D eigenvalue weighted by atomic mass is 32.1. The fourth-order valence-electron chi connectivity index (χ4n) is 3.95. The minimum atomic E-state index is -0.551. The van der Waals surface area contributed by atoms with Crippen LogP contribution in [0.3, 0.4) is 0 Å². The summed E-state index contributed by atoms with van der Waals surface area (Å²) in [4.78, 5) is 0. The van der Waals surface area contributed by atoms with Crippen molar-refractivity contribution in [2.24, 2.45) is 0 Å². The molecule has 0 amide bonds. The molecule has 4 nitrogen and oxygen atoms in total. The standard InChI is InChI=1S/C26H28N2O2.H2S/c1-19-8-6-7-11-22(19)18-30-23-12-13-24-21(16-23)14-15-28(24)26(25(29)17-27-2)20-9-4-3-5-10-20;/h3-16,25-27,29H,17-18H2,1-2H3;1H2/t25-,26+;/m1./s1. The van der Waals surface area contributed by atoms with Gasteiger partial charge < -0.3 is 19.7 Å². The molecule has 3 aromatic carbocycles. The number of nitrogens with zero attached hydrogens (tertiary/aromatic N) is 1. The Morgan fingerprint density at radius 1 is 0.968 bits per heavy atom. The Kier molecular flexibility index (Phi) is 7.80. The Morgan fingerprint density at radius 3 is 2.45 bits per heavy atom. The van der Waals surface area contributed by atoms with Crippen LogP contribution >= 0.6 is 13.5 Å². The number of rotatable bonds is 8. The zero-order chi connectivity index (χ0) is 20.9. The number of aryl methyl sites for hydroxylation is 1. The number of aromatic nitrogens is 1. The Hall–Kier alpha value is -2.73. The predicted octanol–water partition coefficient (Wildman–Crippen LogP) is 4.81. The summed E-state index contributed by atoms with van der Waals surface area (Å²) in [5.41, 5.74) is 4.57. The van der Waals surface area contributed by atoms with Gasteiger partial charge in [0.1, 0.15) is 12.4 Å². The molecule has 0 unspecified atom stereocenters. The molecule has 1 aromatic heterocycles. The van der Waals surface area contributed by atoms with Crippen molar-refractivity contribution in [2.75, 3.05) is 13.6 Å². The van der Waals surface area contributed by atoms with Crippen LogP contribution in [0.1, 0.15) is 22.7 Å². The summed E-state index contributed by atoms with van der Waals surface area (Å²) in [6.07, 6.45) is 1.50. The van der Waals surface area contributed by atoms with Crippen LogP contribution in [0.5, 0.6) is 5.75 Å². The highest BCUT2D eigenvalue weighted by Gasteiger charge is 2.23. The van der Waals surface area contributed by atoms with Gasteiger partial charge in [0.2, 0.25) is 0 Å². The first-order valence-electron chi connectivity index (χ1n) is 10.3.